The number of hydrogen-bond acceptors (Lipinski definition) is 7. The van der Waals surface area contributed by atoms with Gasteiger partial charge in [0.15, 0.2) is 11.5 Å². The third-order valence-electron chi connectivity index (χ3n) is 4.84. The topological polar surface area (TPSA) is 114 Å². The van der Waals surface area contributed by atoms with Gasteiger partial charge in [0.1, 0.15) is 6.54 Å². The second-order valence-electron chi connectivity index (χ2n) is 6.80. The second kappa shape index (κ2) is 8.97. The summed E-state index contributed by atoms with van der Waals surface area (Å²) in [5.41, 5.74) is 0.600. The van der Waals surface area contributed by atoms with Gasteiger partial charge in [0.05, 0.1) is 6.61 Å². The van der Waals surface area contributed by atoms with Crippen molar-refractivity contribution in [1.29, 1.82) is 0 Å². The van der Waals surface area contributed by atoms with Crippen molar-refractivity contribution >= 4 is 27.8 Å². The van der Waals surface area contributed by atoms with Crippen LogP contribution in [-0.2, 0) is 24.5 Å². The zero-order valence-electron chi connectivity index (χ0n) is 16.4. The Hall–Kier alpha value is -2.37. The quantitative estimate of drug-likeness (QED) is 0.640. The van der Waals surface area contributed by atoms with Gasteiger partial charge in [-0.2, -0.15) is 17.0 Å². The highest BCUT2D eigenvalue weighted by molar-refractivity contribution is 7.86. The van der Waals surface area contributed by atoms with Crippen LogP contribution in [0.25, 0.3) is 0 Å². The Morgan fingerprint density at radius 3 is 2.62 bits per heavy atom. The van der Waals surface area contributed by atoms with E-state index in [0.29, 0.717) is 30.0 Å². The lowest BCUT2D eigenvalue weighted by molar-refractivity contribution is -0.143. The van der Waals surface area contributed by atoms with E-state index in [1.165, 1.54) is 11.4 Å². The number of carbonyl (C=O) groups excluding carboxylic acids is 2. The number of nitrogens with zero attached hydrogens (tertiary/aromatic N) is 2. The molecule has 11 heteroatoms. The minimum Gasteiger partial charge on any atom is -0.465 e. The van der Waals surface area contributed by atoms with Gasteiger partial charge >= 0.3 is 5.97 Å². The summed E-state index contributed by atoms with van der Waals surface area (Å²) in [6, 6.07) is 5.16. The van der Waals surface area contributed by atoms with E-state index in [2.05, 4.69) is 5.32 Å². The van der Waals surface area contributed by atoms with Gasteiger partial charge in [-0.3, -0.25) is 9.59 Å². The van der Waals surface area contributed by atoms with E-state index in [9.17, 15) is 18.0 Å². The Morgan fingerprint density at radius 2 is 1.93 bits per heavy atom. The highest BCUT2D eigenvalue weighted by atomic mass is 32.2. The van der Waals surface area contributed by atoms with E-state index < -0.39 is 16.2 Å². The molecule has 1 N–H and O–H groups in total. The summed E-state index contributed by atoms with van der Waals surface area (Å²) < 4.78 is 42.8. The maximum Gasteiger partial charge on any atom is 0.321 e. The third-order valence-corrected chi connectivity index (χ3v) is 6.78. The summed E-state index contributed by atoms with van der Waals surface area (Å²) in [7, 11) is -2.45. The first-order chi connectivity index (χ1) is 13.8. The van der Waals surface area contributed by atoms with Gasteiger partial charge in [0.2, 0.25) is 12.7 Å². The van der Waals surface area contributed by atoms with Crippen molar-refractivity contribution in [2.24, 2.45) is 5.92 Å². The number of hydrogen-bond donors (Lipinski definition) is 1. The largest absolute Gasteiger partial charge is 0.465 e. The summed E-state index contributed by atoms with van der Waals surface area (Å²) in [5.74, 6) is 0.140. The van der Waals surface area contributed by atoms with Crippen LogP contribution in [0.2, 0.25) is 0 Å². The van der Waals surface area contributed by atoms with E-state index in [1.54, 1.807) is 25.1 Å². The van der Waals surface area contributed by atoms with Gasteiger partial charge in [0.25, 0.3) is 10.2 Å². The van der Waals surface area contributed by atoms with E-state index in [1.807, 2.05) is 0 Å². The van der Waals surface area contributed by atoms with Crippen molar-refractivity contribution in [1.82, 2.24) is 8.61 Å². The fraction of sp³-hybridized carbons (Fsp3) is 0.556. The molecule has 2 aliphatic rings. The van der Waals surface area contributed by atoms with Crippen LogP contribution in [0.4, 0.5) is 5.69 Å². The van der Waals surface area contributed by atoms with Crippen LogP contribution < -0.4 is 14.8 Å². The maximum absolute atomic E-state index is 12.6. The van der Waals surface area contributed by atoms with Crippen LogP contribution in [-0.4, -0.2) is 69.0 Å². The summed E-state index contributed by atoms with van der Waals surface area (Å²) in [5, 5.41) is 2.84. The maximum atomic E-state index is 12.6. The fourth-order valence-electron chi connectivity index (χ4n) is 3.23. The molecule has 0 aliphatic carbocycles. The van der Waals surface area contributed by atoms with E-state index in [-0.39, 0.29) is 44.9 Å². The predicted octanol–water partition coefficient (Wildman–Crippen LogP) is 0.805. The van der Waals surface area contributed by atoms with Crippen LogP contribution in [0.1, 0.15) is 19.8 Å². The molecule has 10 nitrogen and oxygen atoms in total. The minimum atomic E-state index is -3.79. The number of likely N-dealkylation sites (N-methyl/N-ethyl adjacent to an activating group) is 1. The molecule has 2 aliphatic heterocycles. The molecule has 0 unspecified atom stereocenters. The molecule has 3 rings (SSSR count). The minimum absolute atomic E-state index is 0.157. The number of benzene rings is 1. The lowest BCUT2D eigenvalue weighted by Gasteiger charge is -2.32. The standard InChI is InChI=1S/C18H25N3O7S/c1-3-26-17(22)11-20(2)29(24,25)21-8-6-13(7-9-21)18(23)19-14-4-5-15-16(10-14)28-12-27-15/h4-5,10,13H,3,6-9,11-12H2,1-2H3,(H,19,23). The van der Waals surface area contributed by atoms with Gasteiger partial charge in [-0.05, 0) is 31.9 Å². The molecule has 29 heavy (non-hydrogen) atoms. The first-order valence-corrected chi connectivity index (χ1v) is 10.8. The molecule has 1 aromatic carbocycles. The van der Waals surface area contributed by atoms with Crippen LogP contribution in [0.15, 0.2) is 18.2 Å². The number of anilines is 1. The molecule has 1 amide bonds. The number of esters is 1. The summed E-state index contributed by atoms with van der Waals surface area (Å²) in [6.45, 7) is 2.07. The lowest BCUT2D eigenvalue weighted by atomic mass is 9.97. The van der Waals surface area contributed by atoms with Gasteiger partial charge < -0.3 is 19.5 Å². The smallest absolute Gasteiger partial charge is 0.321 e. The van der Waals surface area contributed by atoms with Crippen LogP contribution in [0.3, 0.4) is 0 Å². The Morgan fingerprint density at radius 1 is 1.24 bits per heavy atom. The second-order valence-corrected chi connectivity index (χ2v) is 8.83. The first-order valence-electron chi connectivity index (χ1n) is 9.38. The van der Waals surface area contributed by atoms with Crippen LogP contribution in [0.5, 0.6) is 11.5 Å². The van der Waals surface area contributed by atoms with Crippen molar-refractivity contribution < 1.29 is 32.2 Å². The molecule has 1 aromatic rings. The highest BCUT2D eigenvalue weighted by Crippen LogP contribution is 2.34. The predicted molar refractivity (Wildman–Crippen MR) is 104 cm³/mol. The fourth-order valence-corrected chi connectivity index (χ4v) is 4.57. The number of fused-ring (bicyclic) bond motifs is 1. The van der Waals surface area contributed by atoms with Crippen molar-refractivity contribution in [2.45, 2.75) is 19.8 Å². The normalized spacial score (nSPS) is 17.3. The molecule has 1 fully saturated rings. The summed E-state index contributed by atoms with van der Waals surface area (Å²) in [4.78, 5) is 24.1. The number of piperidine rings is 1. The van der Waals surface area contributed by atoms with E-state index in [4.69, 9.17) is 14.2 Å². The zero-order chi connectivity index (χ0) is 21.0. The lowest BCUT2D eigenvalue weighted by Crippen LogP contribution is -2.48. The molecule has 0 spiro atoms. The number of amides is 1. The Labute approximate surface area is 169 Å². The molecule has 0 bridgehead atoms. The molecule has 0 saturated carbocycles. The monoisotopic (exact) mass is 427 g/mol. The Kier molecular flexibility index (Phi) is 6.60. The van der Waals surface area contributed by atoms with Crippen LogP contribution >= 0.6 is 0 Å². The van der Waals surface area contributed by atoms with Gasteiger partial charge in [-0.15, -0.1) is 0 Å². The van der Waals surface area contributed by atoms with Gasteiger partial charge in [-0.25, -0.2) is 0 Å². The van der Waals surface area contributed by atoms with Crippen molar-refractivity contribution in [3.63, 3.8) is 0 Å². The SMILES string of the molecule is CCOC(=O)CN(C)S(=O)(=O)N1CCC(C(=O)Nc2ccc3c(c2)OCO3)CC1. The van der Waals surface area contributed by atoms with Crippen molar-refractivity contribution in [3.05, 3.63) is 18.2 Å². The average Bonchev–Trinajstić information content (AvgIpc) is 3.16. The van der Waals surface area contributed by atoms with E-state index >= 15 is 0 Å². The Bertz CT molecular complexity index is 866. The number of ether oxygens (including phenoxy) is 3. The first kappa shape index (κ1) is 21.3. The molecular formula is C18H25N3O7S. The molecule has 2 heterocycles. The summed E-state index contributed by atoms with van der Waals surface area (Å²) >= 11 is 0. The molecule has 0 aromatic heterocycles. The molecule has 0 radical (unpaired) electrons. The van der Waals surface area contributed by atoms with Crippen molar-refractivity contribution in [3.8, 4) is 11.5 Å². The number of nitrogens with one attached hydrogen (secondary N) is 1. The van der Waals surface area contributed by atoms with Crippen LogP contribution in [0, 0.1) is 5.92 Å². The van der Waals surface area contributed by atoms with Crippen molar-refractivity contribution in [2.75, 3.05) is 45.4 Å². The number of rotatable bonds is 7. The molecule has 0 atom stereocenters. The zero-order valence-corrected chi connectivity index (χ0v) is 17.2. The average molecular weight is 427 g/mol. The third kappa shape index (κ3) is 4.98. The highest BCUT2D eigenvalue weighted by Gasteiger charge is 2.34. The number of carbonyl (C=O) groups is 2. The Balaban J connectivity index is 1.52. The molecular weight excluding hydrogens is 402 g/mol. The molecule has 160 valence electrons. The van der Waals surface area contributed by atoms with Gasteiger partial charge in [-0.1, -0.05) is 0 Å². The van der Waals surface area contributed by atoms with Gasteiger partial charge in [0, 0.05) is 37.8 Å². The molecule has 1 saturated heterocycles. The summed E-state index contributed by atoms with van der Waals surface area (Å²) in [6.07, 6.45) is 0.783. The van der Waals surface area contributed by atoms with E-state index in [0.717, 1.165) is 4.31 Å².